The van der Waals surface area contributed by atoms with Crippen LogP contribution in [0.5, 0.6) is 0 Å². The topological polar surface area (TPSA) is 0 Å². The van der Waals surface area contributed by atoms with Gasteiger partial charge in [0.1, 0.15) is 0 Å². The summed E-state index contributed by atoms with van der Waals surface area (Å²) >= 11 is 0. The van der Waals surface area contributed by atoms with Gasteiger partial charge in [0.15, 0.2) is 0 Å². The van der Waals surface area contributed by atoms with Crippen LogP contribution in [0.3, 0.4) is 0 Å². The van der Waals surface area contributed by atoms with Crippen molar-refractivity contribution in [2.24, 2.45) is 0 Å². The van der Waals surface area contributed by atoms with Crippen molar-refractivity contribution in [2.45, 2.75) is 20.8 Å². The molecule has 114 valence electrons. The molecule has 0 N–H and O–H groups in total. The van der Waals surface area contributed by atoms with Crippen LogP contribution in [0.2, 0.25) is 0 Å². The number of allylic oxidation sites excluding steroid dienone is 1. The van der Waals surface area contributed by atoms with E-state index in [0.29, 0.717) is 0 Å². The average Bonchev–Trinajstić information content (AvgIpc) is 2.58. The van der Waals surface area contributed by atoms with Crippen LogP contribution in [0.1, 0.15) is 34.7 Å². The van der Waals surface area contributed by atoms with Gasteiger partial charge in [-0.25, -0.2) is 0 Å². The molecule has 0 aliphatic heterocycles. The van der Waals surface area contributed by atoms with E-state index in [1.165, 1.54) is 39.0 Å². The molecule has 0 atom stereocenters. The highest BCUT2D eigenvalue weighted by Crippen LogP contribution is 2.32. The van der Waals surface area contributed by atoms with Crippen LogP contribution in [-0.4, -0.2) is 0 Å². The van der Waals surface area contributed by atoms with Gasteiger partial charge in [0, 0.05) is 0 Å². The number of hydrogen-bond donors (Lipinski definition) is 0. The Bertz CT molecular complexity index is 804. The van der Waals surface area contributed by atoms with E-state index in [1.54, 1.807) is 0 Å². The van der Waals surface area contributed by atoms with E-state index >= 15 is 0 Å². The van der Waals surface area contributed by atoms with Crippen molar-refractivity contribution >= 4 is 11.1 Å². The Hall–Kier alpha value is -2.60. The SMILES string of the molecule is C/C(=C(\c1ccccc1)c1ccc(C)cc1)c1ccc(C)cc1. The standard InChI is InChI=1S/C23H22/c1-17-9-13-20(14-10-17)19(3)23(21-7-5-4-6-8-21)22-15-11-18(2)12-16-22/h4-16H,1-3H3/b23-19-. The average molecular weight is 298 g/mol. The van der Waals surface area contributed by atoms with E-state index < -0.39 is 0 Å². The minimum absolute atomic E-state index is 1.26. The van der Waals surface area contributed by atoms with E-state index in [0.717, 1.165) is 0 Å². The largest absolute Gasteiger partial charge is 0.0622 e. The molecule has 0 nitrogen and oxygen atoms in total. The first-order chi connectivity index (χ1) is 11.1. The fourth-order valence-corrected chi connectivity index (χ4v) is 2.87. The molecule has 0 heteroatoms. The van der Waals surface area contributed by atoms with Crippen LogP contribution in [0.15, 0.2) is 78.9 Å². The molecule has 0 aromatic heterocycles. The van der Waals surface area contributed by atoms with Crippen LogP contribution < -0.4 is 0 Å². The quantitative estimate of drug-likeness (QED) is 0.499. The van der Waals surface area contributed by atoms with Crippen molar-refractivity contribution in [3.63, 3.8) is 0 Å². The normalized spacial score (nSPS) is 12.0. The molecule has 3 aromatic carbocycles. The van der Waals surface area contributed by atoms with Crippen LogP contribution in [0.4, 0.5) is 0 Å². The molecular formula is C23H22. The second kappa shape index (κ2) is 6.66. The van der Waals surface area contributed by atoms with Gasteiger partial charge in [-0.05, 0) is 48.6 Å². The summed E-state index contributed by atoms with van der Waals surface area (Å²) in [4.78, 5) is 0. The minimum Gasteiger partial charge on any atom is -0.0622 e. The highest BCUT2D eigenvalue weighted by Gasteiger charge is 2.10. The summed E-state index contributed by atoms with van der Waals surface area (Å²) in [7, 11) is 0. The minimum atomic E-state index is 1.26. The first-order valence-corrected chi connectivity index (χ1v) is 8.05. The second-order valence-corrected chi connectivity index (χ2v) is 6.10. The first-order valence-electron chi connectivity index (χ1n) is 8.05. The lowest BCUT2D eigenvalue weighted by Crippen LogP contribution is -1.93. The highest BCUT2D eigenvalue weighted by molar-refractivity contribution is 5.97. The smallest absolute Gasteiger partial charge is 0.00762 e. The molecule has 0 amide bonds. The summed E-state index contributed by atoms with van der Waals surface area (Å²) in [6.45, 7) is 6.47. The molecule has 3 aromatic rings. The van der Waals surface area contributed by atoms with Gasteiger partial charge < -0.3 is 0 Å². The maximum atomic E-state index is 2.22. The number of hydrogen-bond acceptors (Lipinski definition) is 0. The molecular weight excluding hydrogens is 276 g/mol. The lowest BCUT2D eigenvalue weighted by atomic mass is 9.90. The summed E-state index contributed by atoms with van der Waals surface area (Å²) in [6.07, 6.45) is 0. The van der Waals surface area contributed by atoms with Crippen molar-refractivity contribution in [3.8, 4) is 0 Å². The van der Waals surface area contributed by atoms with E-state index in [-0.39, 0.29) is 0 Å². The van der Waals surface area contributed by atoms with Gasteiger partial charge in [-0.15, -0.1) is 0 Å². The van der Waals surface area contributed by atoms with Crippen molar-refractivity contribution in [3.05, 3.63) is 107 Å². The molecule has 0 aliphatic carbocycles. The molecule has 0 fully saturated rings. The van der Waals surface area contributed by atoms with Crippen LogP contribution in [-0.2, 0) is 0 Å². The van der Waals surface area contributed by atoms with Crippen molar-refractivity contribution in [1.82, 2.24) is 0 Å². The molecule has 23 heavy (non-hydrogen) atoms. The van der Waals surface area contributed by atoms with Gasteiger partial charge in [-0.3, -0.25) is 0 Å². The van der Waals surface area contributed by atoms with Gasteiger partial charge in [-0.2, -0.15) is 0 Å². The molecule has 0 aliphatic rings. The van der Waals surface area contributed by atoms with Crippen LogP contribution in [0.25, 0.3) is 11.1 Å². The zero-order chi connectivity index (χ0) is 16.2. The molecule has 0 radical (unpaired) electrons. The van der Waals surface area contributed by atoms with Crippen LogP contribution in [0, 0.1) is 13.8 Å². The Balaban J connectivity index is 2.20. The number of benzene rings is 3. The van der Waals surface area contributed by atoms with E-state index in [4.69, 9.17) is 0 Å². The van der Waals surface area contributed by atoms with Gasteiger partial charge in [0.25, 0.3) is 0 Å². The maximum absolute atomic E-state index is 2.22. The van der Waals surface area contributed by atoms with Gasteiger partial charge in [0.2, 0.25) is 0 Å². The molecule has 3 rings (SSSR count). The maximum Gasteiger partial charge on any atom is -0.00762 e. The summed E-state index contributed by atoms with van der Waals surface area (Å²) < 4.78 is 0. The Kier molecular flexibility index (Phi) is 4.43. The monoisotopic (exact) mass is 298 g/mol. The fourth-order valence-electron chi connectivity index (χ4n) is 2.87. The van der Waals surface area contributed by atoms with Gasteiger partial charge in [-0.1, -0.05) is 90.0 Å². The lowest BCUT2D eigenvalue weighted by molar-refractivity contribution is 1.42. The zero-order valence-electron chi connectivity index (χ0n) is 14.0. The molecule has 0 heterocycles. The first kappa shape index (κ1) is 15.3. The Labute approximate surface area is 139 Å². The van der Waals surface area contributed by atoms with E-state index in [2.05, 4.69) is 99.6 Å². The van der Waals surface area contributed by atoms with Crippen molar-refractivity contribution in [1.29, 1.82) is 0 Å². The summed E-state index contributed by atoms with van der Waals surface area (Å²) in [5.74, 6) is 0. The van der Waals surface area contributed by atoms with E-state index in [9.17, 15) is 0 Å². The summed E-state index contributed by atoms with van der Waals surface area (Å²) in [5, 5.41) is 0. The van der Waals surface area contributed by atoms with E-state index in [1.807, 2.05) is 0 Å². The lowest BCUT2D eigenvalue weighted by Gasteiger charge is -2.14. The molecule has 0 unspecified atom stereocenters. The Morgan fingerprint density at radius 3 is 1.48 bits per heavy atom. The van der Waals surface area contributed by atoms with Crippen molar-refractivity contribution in [2.75, 3.05) is 0 Å². The predicted octanol–water partition coefficient (Wildman–Crippen LogP) is 6.28. The molecule has 0 bridgehead atoms. The zero-order valence-corrected chi connectivity index (χ0v) is 14.0. The fraction of sp³-hybridized carbons (Fsp3) is 0.130. The third-order valence-corrected chi connectivity index (χ3v) is 4.26. The van der Waals surface area contributed by atoms with Crippen LogP contribution >= 0.6 is 0 Å². The highest BCUT2D eigenvalue weighted by atomic mass is 14.1. The summed E-state index contributed by atoms with van der Waals surface area (Å²) in [6, 6.07) is 28.2. The molecule has 0 spiro atoms. The Morgan fingerprint density at radius 1 is 0.522 bits per heavy atom. The number of rotatable bonds is 3. The van der Waals surface area contributed by atoms with Crippen molar-refractivity contribution < 1.29 is 0 Å². The predicted molar refractivity (Wildman–Crippen MR) is 100 cm³/mol. The third-order valence-electron chi connectivity index (χ3n) is 4.26. The Morgan fingerprint density at radius 2 is 0.957 bits per heavy atom. The van der Waals surface area contributed by atoms with Gasteiger partial charge >= 0.3 is 0 Å². The summed E-state index contributed by atoms with van der Waals surface area (Å²) in [5.41, 5.74) is 8.98. The molecule has 0 saturated heterocycles. The second-order valence-electron chi connectivity index (χ2n) is 6.10. The number of aryl methyl sites for hydroxylation is 2. The third kappa shape index (κ3) is 3.43. The van der Waals surface area contributed by atoms with Gasteiger partial charge in [0.05, 0.1) is 0 Å². The molecule has 0 saturated carbocycles.